The minimum Gasteiger partial charge on any atom is -0.461 e. The van der Waals surface area contributed by atoms with Crippen molar-refractivity contribution in [2.45, 2.75) is 13.8 Å². The van der Waals surface area contributed by atoms with Gasteiger partial charge in [-0.15, -0.1) is 0 Å². The van der Waals surface area contributed by atoms with Gasteiger partial charge in [0.05, 0.1) is 6.61 Å². The van der Waals surface area contributed by atoms with Gasteiger partial charge in [-0.1, -0.05) is 13.8 Å². The topological polar surface area (TPSA) is 55.2 Å². The van der Waals surface area contributed by atoms with E-state index >= 15 is 0 Å². The second-order valence-electron chi connectivity index (χ2n) is 4.00. The molecule has 0 amide bonds. The minimum atomic E-state index is -0.516. The average Bonchev–Trinajstić information content (AvgIpc) is 2.78. The molecule has 0 aliphatic heterocycles. The van der Waals surface area contributed by atoms with E-state index in [1.807, 2.05) is 13.8 Å². The fourth-order valence-corrected chi connectivity index (χ4v) is 1.31. The normalized spacial score (nSPS) is 11.2. The van der Waals surface area contributed by atoms with Crippen LogP contribution in [0.5, 0.6) is 0 Å². The fourth-order valence-electron chi connectivity index (χ4n) is 1.31. The Labute approximate surface area is 91.4 Å². The van der Waals surface area contributed by atoms with Gasteiger partial charge >= 0.3 is 5.97 Å². The lowest BCUT2D eigenvalue weighted by Crippen LogP contribution is -2.10. The number of fused-ring (bicyclic) bond motifs is 1. The third-order valence-corrected chi connectivity index (χ3v) is 2.08. The Hall–Kier alpha value is -1.78. The van der Waals surface area contributed by atoms with Gasteiger partial charge in [0, 0.05) is 6.07 Å². The van der Waals surface area contributed by atoms with Gasteiger partial charge in [-0.25, -0.2) is 9.18 Å². The largest absolute Gasteiger partial charge is 0.461 e. The molecule has 0 radical (unpaired) electrons. The van der Waals surface area contributed by atoms with E-state index in [1.54, 1.807) is 0 Å². The summed E-state index contributed by atoms with van der Waals surface area (Å²) in [5.41, 5.74) is 0.708. The molecule has 0 bridgehead atoms. The van der Waals surface area contributed by atoms with Crippen molar-refractivity contribution in [2.75, 3.05) is 6.61 Å². The summed E-state index contributed by atoms with van der Waals surface area (Å²) in [7, 11) is 0. The maximum absolute atomic E-state index is 13.1. The molecule has 2 rings (SSSR count). The number of hydrogen-bond acceptors (Lipinski definition) is 3. The first kappa shape index (κ1) is 10.7. The van der Waals surface area contributed by atoms with E-state index in [1.165, 1.54) is 6.07 Å². The third-order valence-electron chi connectivity index (χ3n) is 2.08. The number of halogens is 1. The number of H-pyrrole nitrogens is 1. The Morgan fingerprint density at radius 3 is 3.00 bits per heavy atom. The Kier molecular flexibility index (Phi) is 2.68. The summed E-state index contributed by atoms with van der Waals surface area (Å²) < 4.78 is 22.9. The number of ether oxygens (including phenoxy) is 1. The van der Waals surface area contributed by atoms with Gasteiger partial charge in [-0.2, -0.15) is 0 Å². The maximum Gasteiger partial charge on any atom is 0.354 e. The van der Waals surface area contributed by atoms with Crippen LogP contribution in [-0.2, 0) is 4.74 Å². The van der Waals surface area contributed by atoms with Crippen LogP contribution in [0.4, 0.5) is 4.39 Å². The van der Waals surface area contributed by atoms with Crippen LogP contribution < -0.4 is 0 Å². The first-order chi connectivity index (χ1) is 7.58. The van der Waals surface area contributed by atoms with Gasteiger partial charge in [-0.3, -0.25) is 0 Å². The Balaban J connectivity index is 2.17. The predicted octanol–water partition coefficient (Wildman–Crippen LogP) is 2.71. The Morgan fingerprint density at radius 1 is 1.62 bits per heavy atom. The zero-order valence-electron chi connectivity index (χ0n) is 9.04. The van der Waals surface area contributed by atoms with E-state index in [-0.39, 0.29) is 17.1 Å². The fraction of sp³-hybridized carbons (Fsp3) is 0.364. The molecule has 1 N–H and O–H groups in total. The van der Waals surface area contributed by atoms with Crippen LogP contribution in [0.2, 0.25) is 0 Å². The summed E-state index contributed by atoms with van der Waals surface area (Å²) in [6.45, 7) is 4.21. The smallest absolute Gasteiger partial charge is 0.354 e. The molecule has 0 unspecified atom stereocenters. The predicted molar refractivity (Wildman–Crippen MR) is 55.6 cm³/mol. The third kappa shape index (κ3) is 1.93. The SMILES string of the molecule is CC(C)COC(=O)c1cc2occ(F)c2[nH]1. The van der Waals surface area contributed by atoms with Crippen molar-refractivity contribution in [3.05, 3.63) is 23.8 Å². The maximum atomic E-state index is 13.1. The van der Waals surface area contributed by atoms with Crippen LogP contribution in [0.3, 0.4) is 0 Å². The van der Waals surface area contributed by atoms with Crippen LogP contribution in [0, 0.1) is 11.7 Å². The van der Waals surface area contributed by atoms with E-state index in [4.69, 9.17) is 9.15 Å². The molecule has 2 aromatic heterocycles. The highest BCUT2D eigenvalue weighted by Gasteiger charge is 2.15. The summed E-state index contributed by atoms with van der Waals surface area (Å²) >= 11 is 0. The Bertz CT molecular complexity index is 512. The van der Waals surface area contributed by atoms with Crippen LogP contribution in [-0.4, -0.2) is 17.6 Å². The van der Waals surface area contributed by atoms with Gasteiger partial charge in [-0.05, 0) is 5.92 Å². The van der Waals surface area contributed by atoms with E-state index in [0.717, 1.165) is 6.26 Å². The van der Waals surface area contributed by atoms with Crippen molar-refractivity contribution in [2.24, 2.45) is 5.92 Å². The molecule has 0 atom stereocenters. The lowest BCUT2D eigenvalue weighted by atomic mass is 10.2. The number of esters is 1. The van der Waals surface area contributed by atoms with Gasteiger partial charge in [0.1, 0.15) is 17.5 Å². The van der Waals surface area contributed by atoms with Crippen molar-refractivity contribution in [1.29, 1.82) is 0 Å². The molecule has 0 saturated carbocycles. The molecule has 16 heavy (non-hydrogen) atoms. The number of nitrogens with one attached hydrogen (secondary N) is 1. The molecule has 5 heteroatoms. The molecule has 0 saturated heterocycles. The quantitative estimate of drug-likeness (QED) is 0.817. The van der Waals surface area contributed by atoms with Crippen LogP contribution in [0.1, 0.15) is 24.3 Å². The van der Waals surface area contributed by atoms with Gasteiger partial charge in [0.2, 0.25) is 0 Å². The van der Waals surface area contributed by atoms with Crippen molar-refractivity contribution >= 4 is 17.1 Å². The number of carbonyl (C=O) groups is 1. The molecule has 0 spiro atoms. The van der Waals surface area contributed by atoms with Crippen LogP contribution in [0.15, 0.2) is 16.7 Å². The molecule has 0 fully saturated rings. The van der Waals surface area contributed by atoms with Crippen molar-refractivity contribution in [3.63, 3.8) is 0 Å². The second-order valence-corrected chi connectivity index (χ2v) is 4.00. The summed E-state index contributed by atoms with van der Waals surface area (Å²) in [5.74, 6) is -0.754. The minimum absolute atomic E-state index is 0.191. The zero-order chi connectivity index (χ0) is 11.7. The number of furan rings is 1. The molecule has 86 valence electrons. The molecule has 2 aromatic rings. The zero-order valence-corrected chi connectivity index (χ0v) is 9.04. The molecular weight excluding hydrogens is 213 g/mol. The van der Waals surface area contributed by atoms with Gasteiger partial charge in [0.25, 0.3) is 0 Å². The summed E-state index contributed by atoms with van der Waals surface area (Å²) in [4.78, 5) is 14.1. The Morgan fingerprint density at radius 2 is 2.38 bits per heavy atom. The highest BCUT2D eigenvalue weighted by atomic mass is 19.1. The number of aromatic nitrogens is 1. The van der Waals surface area contributed by atoms with E-state index in [9.17, 15) is 9.18 Å². The van der Waals surface area contributed by atoms with Crippen molar-refractivity contribution in [1.82, 2.24) is 4.98 Å². The lowest BCUT2D eigenvalue weighted by Gasteiger charge is -2.05. The number of hydrogen-bond donors (Lipinski definition) is 1. The van der Waals surface area contributed by atoms with Crippen LogP contribution in [0.25, 0.3) is 11.1 Å². The van der Waals surface area contributed by atoms with Crippen molar-refractivity contribution in [3.8, 4) is 0 Å². The highest BCUT2D eigenvalue weighted by Crippen LogP contribution is 2.20. The lowest BCUT2D eigenvalue weighted by molar-refractivity contribution is 0.0453. The second kappa shape index (κ2) is 4.00. The van der Waals surface area contributed by atoms with E-state index in [2.05, 4.69) is 4.98 Å². The van der Waals surface area contributed by atoms with Crippen molar-refractivity contribution < 1.29 is 18.3 Å². The summed E-state index contributed by atoms with van der Waals surface area (Å²) in [5, 5.41) is 0. The standard InChI is InChI=1S/C11H12FNO3/c1-6(2)4-16-11(14)8-3-9-10(13-8)7(12)5-15-9/h3,5-6,13H,4H2,1-2H3. The molecular formula is C11H12FNO3. The highest BCUT2D eigenvalue weighted by molar-refractivity contribution is 5.93. The molecule has 0 aliphatic rings. The number of carbonyl (C=O) groups excluding carboxylic acids is 1. The molecule has 0 aromatic carbocycles. The first-order valence-electron chi connectivity index (χ1n) is 5.00. The number of rotatable bonds is 3. The number of aromatic amines is 1. The molecule has 0 aliphatic carbocycles. The molecule has 4 nitrogen and oxygen atoms in total. The van der Waals surface area contributed by atoms with Gasteiger partial charge < -0.3 is 14.1 Å². The van der Waals surface area contributed by atoms with Gasteiger partial charge in [0.15, 0.2) is 11.4 Å². The van der Waals surface area contributed by atoms with E-state index < -0.39 is 11.8 Å². The monoisotopic (exact) mass is 225 g/mol. The summed E-state index contributed by atoms with van der Waals surface area (Å²) in [6, 6.07) is 1.43. The first-order valence-corrected chi connectivity index (χ1v) is 5.00. The average molecular weight is 225 g/mol. The van der Waals surface area contributed by atoms with E-state index in [0.29, 0.717) is 12.2 Å². The van der Waals surface area contributed by atoms with Crippen LogP contribution >= 0.6 is 0 Å². The summed E-state index contributed by atoms with van der Waals surface area (Å²) in [6.07, 6.45) is 0.990. The molecule has 2 heterocycles.